The Morgan fingerprint density at radius 1 is 1.40 bits per heavy atom. The number of isocyanates is 1. The Bertz CT molecular complexity index is 749. The summed E-state index contributed by atoms with van der Waals surface area (Å²) in [6.07, 6.45) is 1.42. The van der Waals surface area contributed by atoms with Crippen molar-refractivity contribution in [1.29, 1.82) is 0 Å². The van der Waals surface area contributed by atoms with Crippen molar-refractivity contribution in [3.63, 3.8) is 0 Å². The molecule has 7 heteroatoms. The zero-order valence-electron chi connectivity index (χ0n) is 11.2. The number of aromatic nitrogens is 2. The standard InChI is InChI=1S/C13H12ClN3O3/c1-13(2,3)11-16-17(12(19)20-11)10-5-4-8(15-7-18)6-9(10)14/h4-6H,1-3H3. The van der Waals surface area contributed by atoms with Crippen LogP contribution in [-0.4, -0.2) is 15.9 Å². The van der Waals surface area contributed by atoms with Gasteiger partial charge in [-0.1, -0.05) is 32.4 Å². The van der Waals surface area contributed by atoms with Gasteiger partial charge >= 0.3 is 5.76 Å². The summed E-state index contributed by atoms with van der Waals surface area (Å²) in [6, 6.07) is 4.51. The molecule has 104 valence electrons. The maximum atomic E-state index is 11.8. The molecule has 1 aromatic heterocycles. The number of nitrogens with zero attached hydrogens (tertiary/aromatic N) is 3. The molecule has 6 nitrogen and oxygen atoms in total. The van der Waals surface area contributed by atoms with Crippen LogP contribution in [0.1, 0.15) is 26.7 Å². The van der Waals surface area contributed by atoms with Crippen LogP contribution in [0.3, 0.4) is 0 Å². The van der Waals surface area contributed by atoms with Crippen LogP contribution >= 0.6 is 11.6 Å². The van der Waals surface area contributed by atoms with Gasteiger partial charge in [0.05, 0.1) is 16.4 Å². The molecule has 0 radical (unpaired) electrons. The van der Waals surface area contributed by atoms with Gasteiger partial charge in [0.1, 0.15) is 0 Å². The molecule has 2 aromatic rings. The van der Waals surface area contributed by atoms with Crippen LogP contribution < -0.4 is 5.76 Å². The van der Waals surface area contributed by atoms with Crippen LogP contribution in [-0.2, 0) is 10.2 Å². The first-order chi connectivity index (χ1) is 9.32. The average molecular weight is 294 g/mol. The molecule has 1 heterocycles. The third-order valence-corrected chi connectivity index (χ3v) is 2.83. The van der Waals surface area contributed by atoms with E-state index in [-0.39, 0.29) is 5.02 Å². The molecule has 0 saturated carbocycles. The summed E-state index contributed by atoms with van der Waals surface area (Å²) in [4.78, 5) is 25.5. The molecule has 0 fully saturated rings. The summed E-state index contributed by atoms with van der Waals surface area (Å²) in [7, 11) is 0. The van der Waals surface area contributed by atoms with Crippen molar-refractivity contribution in [2.45, 2.75) is 26.2 Å². The summed E-state index contributed by atoms with van der Waals surface area (Å²) < 4.78 is 6.20. The summed E-state index contributed by atoms with van der Waals surface area (Å²) in [5.41, 5.74) is 0.320. The molecule has 0 unspecified atom stereocenters. The molecular formula is C13H12ClN3O3. The van der Waals surface area contributed by atoms with E-state index < -0.39 is 11.2 Å². The largest absolute Gasteiger partial charge is 0.442 e. The first-order valence-corrected chi connectivity index (χ1v) is 6.19. The molecule has 1 aromatic carbocycles. The summed E-state index contributed by atoms with van der Waals surface area (Å²) in [5, 5.41) is 4.37. The van der Waals surface area contributed by atoms with Crippen molar-refractivity contribution < 1.29 is 9.21 Å². The molecule has 0 atom stereocenters. The van der Waals surface area contributed by atoms with Gasteiger partial charge in [-0.3, -0.25) is 0 Å². The van der Waals surface area contributed by atoms with Gasteiger partial charge in [-0.15, -0.1) is 5.10 Å². The zero-order chi connectivity index (χ0) is 14.9. The average Bonchev–Trinajstić information content (AvgIpc) is 2.72. The quantitative estimate of drug-likeness (QED) is 0.630. The third kappa shape index (κ3) is 2.71. The number of hydrogen-bond acceptors (Lipinski definition) is 5. The second kappa shape index (κ2) is 5.07. The second-order valence-electron chi connectivity index (χ2n) is 5.17. The topological polar surface area (TPSA) is 77.5 Å². The second-order valence-corrected chi connectivity index (χ2v) is 5.58. The molecular weight excluding hydrogens is 282 g/mol. The minimum Gasteiger partial charge on any atom is -0.391 e. The Morgan fingerprint density at radius 2 is 2.10 bits per heavy atom. The SMILES string of the molecule is CC(C)(C)c1nn(-c2ccc(N=C=O)cc2Cl)c(=O)o1. The van der Waals surface area contributed by atoms with Gasteiger partial charge in [0.25, 0.3) is 0 Å². The fraction of sp³-hybridized carbons (Fsp3) is 0.308. The van der Waals surface area contributed by atoms with Crippen molar-refractivity contribution in [3.05, 3.63) is 39.7 Å². The molecule has 0 amide bonds. The molecule has 0 aliphatic heterocycles. The van der Waals surface area contributed by atoms with Gasteiger partial charge in [0.15, 0.2) is 0 Å². The van der Waals surface area contributed by atoms with E-state index in [0.717, 1.165) is 4.68 Å². The summed E-state index contributed by atoms with van der Waals surface area (Å²) >= 11 is 6.06. The van der Waals surface area contributed by atoms with Gasteiger partial charge in [-0.2, -0.15) is 9.67 Å². The molecule has 0 bridgehead atoms. The highest BCUT2D eigenvalue weighted by Crippen LogP contribution is 2.26. The van der Waals surface area contributed by atoms with Crippen molar-refractivity contribution >= 4 is 23.4 Å². The fourth-order valence-electron chi connectivity index (χ4n) is 1.52. The number of aliphatic imine (C=N–C) groups is 1. The number of halogens is 1. The Morgan fingerprint density at radius 3 is 2.60 bits per heavy atom. The number of rotatable bonds is 2. The van der Waals surface area contributed by atoms with Crippen molar-refractivity contribution in [3.8, 4) is 5.69 Å². The van der Waals surface area contributed by atoms with Crippen molar-refractivity contribution in [1.82, 2.24) is 9.78 Å². The first-order valence-electron chi connectivity index (χ1n) is 5.81. The lowest BCUT2D eigenvalue weighted by molar-refractivity contribution is 0.375. The van der Waals surface area contributed by atoms with Gasteiger partial charge in [-0.25, -0.2) is 9.59 Å². The lowest BCUT2D eigenvalue weighted by Crippen LogP contribution is -2.14. The normalized spacial score (nSPS) is 11.2. The Kier molecular flexibility index (Phi) is 3.61. The molecule has 0 aliphatic rings. The van der Waals surface area contributed by atoms with Crippen molar-refractivity contribution in [2.75, 3.05) is 0 Å². The summed E-state index contributed by atoms with van der Waals surface area (Å²) in [6.45, 7) is 5.64. The first kappa shape index (κ1) is 14.2. The van der Waals surface area contributed by atoms with E-state index in [4.69, 9.17) is 16.0 Å². The van der Waals surface area contributed by atoms with Crippen LogP contribution in [0.2, 0.25) is 5.02 Å². The maximum absolute atomic E-state index is 11.8. The lowest BCUT2D eigenvalue weighted by Gasteiger charge is -2.11. The van der Waals surface area contributed by atoms with Gasteiger partial charge in [0, 0.05) is 5.41 Å². The smallest absolute Gasteiger partial charge is 0.391 e. The minimum absolute atomic E-state index is 0.234. The van der Waals surface area contributed by atoms with E-state index >= 15 is 0 Å². The molecule has 0 saturated heterocycles. The lowest BCUT2D eigenvalue weighted by atomic mass is 9.97. The molecule has 0 aliphatic carbocycles. The van der Waals surface area contributed by atoms with E-state index in [1.165, 1.54) is 24.3 Å². The van der Waals surface area contributed by atoms with Crippen LogP contribution in [0.25, 0.3) is 5.69 Å². The number of hydrogen-bond donors (Lipinski definition) is 0. The van der Waals surface area contributed by atoms with E-state index in [0.29, 0.717) is 17.3 Å². The van der Waals surface area contributed by atoms with Crippen molar-refractivity contribution in [2.24, 2.45) is 4.99 Å². The Balaban J connectivity index is 2.55. The van der Waals surface area contributed by atoms with Gasteiger partial charge in [0.2, 0.25) is 12.0 Å². The van der Waals surface area contributed by atoms with E-state index in [1.54, 1.807) is 0 Å². The highest BCUT2D eigenvalue weighted by Gasteiger charge is 2.23. The molecule has 2 rings (SSSR count). The van der Waals surface area contributed by atoms with Gasteiger partial charge in [-0.05, 0) is 18.2 Å². The highest BCUT2D eigenvalue weighted by atomic mass is 35.5. The Hall–Kier alpha value is -2.17. The third-order valence-electron chi connectivity index (χ3n) is 2.52. The summed E-state index contributed by atoms with van der Waals surface area (Å²) in [5.74, 6) is -0.308. The predicted molar refractivity (Wildman–Crippen MR) is 73.6 cm³/mol. The molecule has 0 spiro atoms. The number of benzene rings is 1. The van der Waals surface area contributed by atoms with Crippen LogP contribution in [0, 0.1) is 0 Å². The monoisotopic (exact) mass is 293 g/mol. The fourth-order valence-corrected chi connectivity index (χ4v) is 1.78. The van der Waals surface area contributed by atoms with Crippen LogP contribution in [0.15, 0.2) is 32.4 Å². The van der Waals surface area contributed by atoms with Crippen LogP contribution in [0.5, 0.6) is 0 Å². The molecule has 0 N–H and O–H groups in total. The molecule has 20 heavy (non-hydrogen) atoms. The number of carbonyl (C=O) groups excluding carboxylic acids is 1. The predicted octanol–water partition coefficient (Wildman–Crippen LogP) is 2.74. The van der Waals surface area contributed by atoms with E-state index in [1.807, 2.05) is 20.8 Å². The van der Waals surface area contributed by atoms with Gasteiger partial charge < -0.3 is 4.42 Å². The minimum atomic E-state index is -0.622. The maximum Gasteiger partial charge on any atom is 0.442 e. The highest BCUT2D eigenvalue weighted by molar-refractivity contribution is 6.32. The van der Waals surface area contributed by atoms with E-state index in [2.05, 4.69) is 10.1 Å². The van der Waals surface area contributed by atoms with Crippen LogP contribution in [0.4, 0.5) is 5.69 Å². The van der Waals surface area contributed by atoms with E-state index in [9.17, 15) is 9.59 Å². The zero-order valence-corrected chi connectivity index (χ0v) is 11.9. The Labute approximate surface area is 119 Å².